The van der Waals surface area contributed by atoms with Crippen molar-refractivity contribution in [3.8, 4) is 11.3 Å². The van der Waals surface area contributed by atoms with Gasteiger partial charge in [-0.05, 0) is 49.8 Å². The van der Waals surface area contributed by atoms with Crippen LogP contribution in [0.4, 0.5) is 0 Å². The first-order valence-corrected chi connectivity index (χ1v) is 8.29. The fraction of sp³-hybridized carbons (Fsp3) is 0.294. The highest BCUT2D eigenvalue weighted by atomic mass is 32.1. The summed E-state index contributed by atoms with van der Waals surface area (Å²) in [5.74, 6) is -0.886. The Hall–Kier alpha value is -2.14. The van der Waals surface area contributed by atoms with Crippen LogP contribution in [0.15, 0.2) is 24.4 Å². The van der Waals surface area contributed by atoms with Gasteiger partial charge in [-0.3, -0.25) is 4.40 Å². The third-order valence-electron chi connectivity index (χ3n) is 4.40. The van der Waals surface area contributed by atoms with Crippen LogP contribution in [0.1, 0.15) is 39.3 Å². The molecule has 0 radical (unpaired) electrons. The summed E-state index contributed by atoms with van der Waals surface area (Å²) in [4.78, 5) is 16.9. The molecule has 22 heavy (non-hydrogen) atoms. The maximum absolute atomic E-state index is 11.2. The van der Waals surface area contributed by atoms with Crippen molar-refractivity contribution in [3.63, 3.8) is 0 Å². The van der Waals surface area contributed by atoms with E-state index in [1.807, 2.05) is 17.5 Å². The molecular formula is C17H16N2O2S. The average Bonchev–Trinajstić information content (AvgIpc) is 3.07. The van der Waals surface area contributed by atoms with Crippen molar-refractivity contribution in [2.24, 2.45) is 0 Å². The summed E-state index contributed by atoms with van der Waals surface area (Å²) in [6.45, 7) is 1.82. The van der Waals surface area contributed by atoms with Crippen molar-refractivity contribution in [3.05, 3.63) is 46.1 Å². The molecule has 0 saturated heterocycles. The number of nitrogens with zero attached hydrogens (tertiary/aromatic N) is 2. The quantitative estimate of drug-likeness (QED) is 0.779. The van der Waals surface area contributed by atoms with E-state index < -0.39 is 5.97 Å². The number of imidazole rings is 1. The molecule has 1 aromatic carbocycles. The number of carboxylic acid groups (broad SMARTS) is 1. The Morgan fingerprint density at radius 1 is 1.27 bits per heavy atom. The minimum Gasteiger partial charge on any atom is -0.477 e. The van der Waals surface area contributed by atoms with E-state index in [4.69, 9.17) is 0 Å². The van der Waals surface area contributed by atoms with E-state index in [0.29, 0.717) is 4.88 Å². The Kier molecular flexibility index (Phi) is 3.04. The third kappa shape index (κ3) is 2.04. The molecule has 3 aromatic rings. The number of benzene rings is 1. The lowest BCUT2D eigenvalue weighted by Crippen LogP contribution is -2.02. The Bertz CT molecular complexity index is 892. The van der Waals surface area contributed by atoms with Gasteiger partial charge in [0.15, 0.2) is 4.96 Å². The summed E-state index contributed by atoms with van der Waals surface area (Å²) < 4.78 is 1.88. The zero-order valence-corrected chi connectivity index (χ0v) is 13.1. The number of rotatable bonds is 2. The first-order valence-electron chi connectivity index (χ1n) is 7.47. The second kappa shape index (κ2) is 4.95. The summed E-state index contributed by atoms with van der Waals surface area (Å²) in [6, 6.07) is 6.59. The van der Waals surface area contributed by atoms with Gasteiger partial charge in [0.25, 0.3) is 0 Å². The number of carboxylic acids is 1. The van der Waals surface area contributed by atoms with Gasteiger partial charge in [-0.25, -0.2) is 9.78 Å². The van der Waals surface area contributed by atoms with Gasteiger partial charge >= 0.3 is 5.97 Å². The molecule has 1 aliphatic rings. The molecule has 0 unspecified atom stereocenters. The number of hydrogen-bond acceptors (Lipinski definition) is 3. The number of hydrogen-bond donors (Lipinski definition) is 1. The third-order valence-corrected chi connectivity index (χ3v) is 5.54. The average molecular weight is 312 g/mol. The monoisotopic (exact) mass is 312 g/mol. The molecule has 0 atom stereocenters. The van der Waals surface area contributed by atoms with Gasteiger partial charge in [0.05, 0.1) is 5.69 Å². The van der Waals surface area contributed by atoms with E-state index in [1.165, 1.54) is 41.7 Å². The first-order chi connectivity index (χ1) is 10.6. The van der Waals surface area contributed by atoms with Gasteiger partial charge in [0, 0.05) is 17.5 Å². The fourth-order valence-electron chi connectivity index (χ4n) is 3.18. The molecule has 2 heterocycles. The van der Waals surface area contributed by atoms with Crippen LogP contribution in [-0.2, 0) is 12.8 Å². The minimum atomic E-state index is -0.886. The smallest absolute Gasteiger partial charge is 0.347 e. The van der Waals surface area contributed by atoms with Gasteiger partial charge in [0.1, 0.15) is 4.88 Å². The summed E-state index contributed by atoms with van der Waals surface area (Å²) in [5, 5.41) is 9.17. The highest BCUT2D eigenvalue weighted by molar-refractivity contribution is 7.19. The molecule has 1 N–H and O–H groups in total. The summed E-state index contributed by atoms with van der Waals surface area (Å²) in [6.07, 6.45) is 6.81. The maximum Gasteiger partial charge on any atom is 0.347 e. The van der Waals surface area contributed by atoms with Crippen LogP contribution in [0, 0.1) is 6.92 Å². The first kappa shape index (κ1) is 13.5. The Morgan fingerprint density at radius 3 is 2.77 bits per heavy atom. The van der Waals surface area contributed by atoms with Gasteiger partial charge in [-0.1, -0.05) is 23.5 Å². The van der Waals surface area contributed by atoms with E-state index in [0.717, 1.165) is 28.3 Å². The van der Waals surface area contributed by atoms with Crippen LogP contribution in [0.5, 0.6) is 0 Å². The van der Waals surface area contributed by atoms with E-state index in [9.17, 15) is 9.90 Å². The summed E-state index contributed by atoms with van der Waals surface area (Å²) in [7, 11) is 0. The molecule has 4 rings (SSSR count). The van der Waals surface area contributed by atoms with Crippen LogP contribution >= 0.6 is 11.3 Å². The standard InChI is InChI=1S/C17H16N2O2S/c1-10-15(16(20)21)22-17-18-14(9-19(10)17)13-7-6-11-4-2-3-5-12(11)8-13/h6-9H,2-5H2,1H3,(H,20,21). The van der Waals surface area contributed by atoms with Gasteiger partial charge in [-0.2, -0.15) is 0 Å². The highest BCUT2D eigenvalue weighted by Crippen LogP contribution is 2.30. The van der Waals surface area contributed by atoms with Crippen molar-refractivity contribution < 1.29 is 9.90 Å². The molecule has 1 aliphatic carbocycles. The molecule has 0 spiro atoms. The van der Waals surface area contributed by atoms with E-state index >= 15 is 0 Å². The molecule has 0 fully saturated rings. The summed E-state index contributed by atoms with van der Waals surface area (Å²) >= 11 is 1.23. The number of aryl methyl sites for hydroxylation is 3. The zero-order valence-electron chi connectivity index (χ0n) is 12.3. The number of aromatic nitrogens is 2. The number of aromatic carboxylic acids is 1. The number of carbonyl (C=O) groups is 1. The normalized spacial score (nSPS) is 14.2. The van der Waals surface area contributed by atoms with Gasteiger partial charge in [-0.15, -0.1) is 0 Å². The second-order valence-electron chi connectivity index (χ2n) is 5.79. The molecule has 2 aromatic heterocycles. The molecule has 0 saturated carbocycles. The SMILES string of the molecule is Cc1c(C(=O)O)sc2nc(-c3ccc4c(c3)CCCC4)cn12. The van der Waals surface area contributed by atoms with Crippen LogP contribution in [0.2, 0.25) is 0 Å². The Balaban J connectivity index is 1.79. The van der Waals surface area contributed by atoms with Crippen molar-refractivity contribution in [1.29, 1.82) is 0 Å². The highest BCUT2D eigenvalue weighted by Gasteiger charge is 2.18. The molecular weight excluding hydrogens is 296 g/mol. The lowest BCUT2D eigenvalue weighted by Gasteiger charge is -2.15. The Morgan fingerprint density at radius 2 is 2.05 bits per heavy atom. The van der Waals surface area contributed by atoms with E-state index in [2.05, 4.69) is 23.2 Å². The lowest BCUT2D eigenvalue weighted by molar-refractivity contribution is 0.0701. The predicted octanol–water partition coefficient (Wildman–Crippen LogP) is 3.95. The predicted molar refractivity (Wildman–Crippen MR) is 86.8 cm³/mol. The molecule has 0 aliphatic heterocycles. The molecule has 4 nitrogen and oxygen atoms in total. The minimum absolute atomic E-state index is 0.361. The molecule has 0 amide bonds. The van der Waals surface area contributed by atoms with E-state index in [-0.39, 0.29) is 0 Å². The molecule has 5 heteroatoms. The topological polar surface area (TPSA) is 54.6 Å². The van der Waals surface area contributed by atoms with E-state index in [1.54, 1.807) is 0 Å². The largest absolute Gasteiger partial charge is 0.477 e. The van der Waals surface area contributed by atoms with Crippen LogP contribution < -0.4 is 0 Å². The number of fused-ring (bicyclic) bond motifs is 2. The van der Waals surface area contributed by atoms with Crippen LogP contribution in [0.25, 0.3) is 16.2 Å². The van der Waals surface area contributed by atoms with Gasteiger partial charge in [0.2, 0.25) is 0 Å². The van der Waals surface area contributed by atoms with Crippen LogP contribution in [0.3, 0.4) is 0 Å². The second-order valence-corrected chi connectivity index (χ2v) is 6.77. The summed E-state index contributed by atoms with van der Waals surface area (Å²) in [5.41, 5.74) is 5.67. The van der Waals surface area contributed by atoms with Crippen molar-refractivity contribution >= 4 is 22.3 Å². The number of thiazole rings is 1. The molecule has 112 valence electrons. The zero-order chi connectivity index (χ0) is 15.3. The Labute approximate surface area is 132 Å². The van der Waals surface area contributed by atoms with Crippen molar-refractivity contribution in [2.75, 3.05) is 0 Å². The van der Waals surface area contributed by atoms with Crippen molar-refractivity contribution in [1.82, 2.24) is 9.38 Å². The maximum atomic E-state index is 11.2. The fourth-order valence-corrected chi connectivity index (χ4v) is 4.13. The lowest BCUT2D eigenvalue weighted by atomic mass is 9.90. The molecule has 0 bridgehead atoms. The van der Waals surface area contributed by atoms with Crippen molar-refractivity contribution in [2.45, 2.75) is 32.6 Å². The van der Waals surface area contributed by atoms with Gasteiger partial charge < -0.3 is 5.11 Å². The van der Waals surface area contributed by atoms with Crippen LogP contribution in [-0.4, -0.2) is 20.5 Å².